The van der Waals surface area contributed by atoms with E-state index in [2.05, 4.69) is 67.3 Å². The normalized spacial score (nSPS) is 11.3. The Bertz CT molecular complexity index is 422. The summed E-state index contributed by atoms with van der Waals surface area (Å²) in [6.45, 7) is 6.38. The highest BCUT2D eigenvalue weighted by Gasteiger charge is 2.03. The molecule has 0 aromatic heterocycles. The summed E-state index contributed by atoms with van der Waals surface area (Å²) in [5, 5.41) is 1.52. The van der Waals surface area contributed by atoms with Crippen molar-refractivity contribution < 1.29 is 0 Å². The minimum Gasteiger partial charge on any atom is -0.0785 e. The number of aryl methyl sites for hydroxylation is 1. The van der Waals surface area contributed by atoms with E-state index in [1.165, 1.54) is 29.9 Å². The van der Waals surface area contributed by atoms with Crippen molar-refractivity contribution >= 4 is 13.2 Å². The van der Waals surface area contributed by atoms with Crippen LogP contribution in [0.4, 0.5) is 0 Å². The van der Waals surface area contributed by atoms with E-state index in [1.807, 2.05) is 13.8 Å². The Morgan fingerprint density at radius 1 is 0.789 bits per heavy atom. The summed E-state index contributed by atoms with van der Waals surface area (Å²) in [7, 11) is 0.0281. The molecule has 0 aliphatic carbocycles. The largest absolute Gasteiger partial charge is 0.0785 e. The topological polar surface area (TPSA) is 0 Å². The number of hydrogen-bond acceptors (Lipinski definition) is 0. The minimum atomic E-state index is 0.0281. The van der Waals surface area contributed by atoms with E-state index in [0.29, 0.717) is 0 Å². The molecule has 0 saturated heterocycles. The van der Waals surface area contributed by atoms with E-state index in [9.17, 15) is 0 Å². The van der Waals surface area contributed by atoms with Crippen molar-refractivity contribution in [3.05, 3.63) is 66.2 Å². The second kappa shape index (κ2) is 9.75. The van der Waals surface area contributed by atoms with Crippen LogP contribution in [0.15, 0.2) is 60.7 Å². The maximum atomic E-state index is 2.38. The summed E-state index contributed by atoms with van der Waals surface area (Å²) in [5.41, 5.74) is 1.46. The molecule has 0 nitrogen and oxygen atoms in total. The van der Waals surface area contributed by atoms with Crippen molar-refractivity contribution in [1.82, 2.24) is 0 Å². The van der Waals surface area contributed by atoms with Crippen LogP contribution in [0.1, 0.15) is 25.8 Å². The summed E-state index contributed by atoms with van der Waals surface area (Å²) >= 11 is 0. The van der Waals surface area contributed by atoms with Gasteiger partial charge in [0, 0.05) is 0 Å². The molecule has 2 rings (SSSR count). The standard InChI is InChI=1S/C16H19P.C2H6/c1-17(16-12-6-3-7-13-16)14-8-11-15-9-4-2-5-10-15;1-2/h2-7,9-10,12-13H,8,11,14H2,1H3;1-2H3. The van der Waals surface area contributed by atoms with Crippen LogP contribution >= 0.6 is 7.92 Å². The highest BCUT2D eigenvalue weighted by atomic mass is 31.1. The van der Waals surface area contributed by atoms with Crippen LogP contribution in [0, 0.1) is 0 Å². The number of rotatable bonds is 5. The lowest BCUT2D eigenvalue weighted by Crippen LogP contribution is -2.02. The third kappa shape index (κ3) is 6.03. The van der Waals surface area contributed by atoms with Gasteiger partial charge in [-0.05, 0) is 36.5 Å². The molecule has 1 unspecified atom stereocenters. The molecule has 0 aliphatic heterocycles. The predicted molar refractivity (Wildman–Crippen MR) is 89.9 cm³/mol. The Labute approximate surface area is 119 Å². The summed E-state index contributed by atoms with van der Waals surface area (Å²) in [5.74, 6) is 0. The van der Waals surface area contributed by atoms with Gasteiger partial charge in [-0.25, -0.2) is 0 Å². The molecule has 0 bridgehead atoms. The predicted octanol–water partition coefficient (Wildman–Crippen LogP) is 5.08. The van der Waals surface area contributed by atoms with Crippen molar-refractivity contribution in [2.45, 2.75) is 26.7 Å². The molecule has 0 heterocycles. The van der Waals surface area contributed by atoms with E-state index in [4.69, 9.17) is 0 Å². The lowest BCUT2D eigenvalue weighted by Gasteiger charge is -2.12. The highest BCUT2D eigenvalue weighted by Crippen LogP contribution is 2.30. The maximum absolute atomic E-state index is 2.38. The zero-order valence-corrected chi connectivity index (χ0v) is 13.2. The fourth-order valence-electron chi connectivity index (χ4n) is 1.98. The van der Waals surface area contributed by atoms with Gasteiger partial charge in [0.15, 0.2) is 0 Å². The molecule has 0 saturated carbocycles. The zero-order valence-electron chi connectivity index (χ0n) is 12.3. The number of benzene rings is 2. The molecule has 0 fully saturated rings. The van der Waals surface area contributed by atoms with Crippen molar-refractivity contribution in [3.8, 4) is 0 Å². The Morgan fingerprint density at radius 3 is 1.89 bits per heavy atom. The average molecular weight is 272 g/mol. The third-order valence-corrected chi connectivity index (χ3v) is 5.17. The monoisotopic (exact) mass is 272 g/mol. The summed E-state index contributed by atoms with van der Waals surface area (Å²) in [6.07, 6.45) is 3.83. The van der Waals surface area contributed by atoms with Crippen LogP contribution in [0.5, 0.6) is 0 Å². The Balaban J connectivity index is 0.000000861. The van der Waals surface area contributed by atoms with Gasteiger partial charge in [-0.2, -0.15) is 0 Å². The average Bonchev–Trinajstić information content (AvgIpc) is 2.51. The zero-order chi connectivity index (χ0) is 13.9. The van der Waals surface area contributed by atoms with E-state index < -0.39 is 0 Å². The van der Waals surface area contributed by atoms with Crippen molar-refractivity contribution in [2.75, 3.05) is 12.8 Å². The van der Waals surface area contributed by atoms with E-state index in [1.54, 1.807) is 0 Å². The Morgan fingerprint density at radius 2 is 1.32 bits per heavy atom. The van der Waals surface area contributed by atoms with E-state index in [-0.39, 0.29) is 7.92 Å². The Kier molecular flexibility index (Phi) is 8.18. The van der Waals surface area contributed by atoms with Crippen LogP contribution in [-0.4, -0.2) is 12.8 Å². The van der Waals surface area contributed by atoms with Gasteiger partial charge in [0.25, 0.3) is 0 Å². The van der Waals surface area contributed by atoms with Crippen LogP contribution in [0.2, 0.25) is 0 Å². The fourth-order valence-corrected chi connectivity index (χ4v) is 3.55. The third-order valence-electron chi connectivity index (χ3n) is 3.00. The first-order valence-corrected chi connectivity index (χ1v) is 9.14. The maximum Gasteiger partial charge on any atom is -0.0243 e. The molecule has 1 atom stereocenters. The second-order valence-corrected chi connectivity index (χ2v) is 6.71. The van der Waals surface area contributed by atoms with Gasteiger partial charge in [0.05, 0.1) is 0 Å². The lowest BCUT2D eigenvalue weighted by molar-refractivity contribution is 0.929. The molecular weight excluding hydrogens is 247 g/mol. The van der Waals surface area contributed by atoms with Crippen molar-refractivity contribution in [2.24, 2.45) is 0 Å². The summed E-state index contributed by atoms with van der Waals surface area (Å²) < 4.78 is 0. The molecule has 0 spiro atoms. The van der Waals surface area contributed by atoms with Gasteiger partial charge in [0.1, 0.15) is 0 Å². The molecule has 0 amide bonds. The van der Waals surface area contributed by atoms with Crippen molar-refractivity contribution in [3.63, 3.8) is 0 Å². The van der Waals surface area contributed by atoms with Crippen LogP contribution < -0.4 is 5.30 Å². The van der Waals surface area contributed by atoms with Crippen LogP contribution in [-0.2, 0) is 6.42 Å². The molecular formula is C18H25P. The SMILES string of the molecule is CC.CP(CCCc1ccccc1)c1ccccc1. The first-order chi connectivity index (χ1) is 9.36. The molecule has 2 aromatic rings. The van der Waals surface area contributed by atoms with Gasteiger partial charge in [-0.1, -0.05) is 82.4 Å². The summed E-state index contributed by atoms with van der Waals surface area (Å²) in [6, 6.07) is 21.7. The first kappa shape index (κ1) is 15.9. The van der Waals surface area contributed by atoms with Crippen molar-refractivity contribution in [1.29, 1.82) is 0 Å². The second-order valence-electron chi connectivity index (χ2n) is 4.35. The fraction of sp³-hybridized carbons (Fsp3) is 0.333. The number of hydrogen-bond donors (Lipinski definition) is 0. The van der Waals surface area contributed by atoms with Crippen LogP contribution in [0.25, 0.3) is 0 Å². The molecule has 0 N–H and O–H groups in total. The van der Waals surface area contributed by atoms with E-state index in [0.717, 1.165) is 0 Å². The minimum absolute atomic E-state index is 0.0281. The molecule has 19 heavy (non-hydrogen) atoms. The van der Waals surface area contributed by atoms with Gasteiger partial charge in [-0.15, -0.1) is 0 Å². The van der Waals surface area contributed by atoms with Gasteiger partial charge in [0.2, 0.25) is 0 Å². The van der Waals surface area contributed by atoms with E-state index >= 15 is 0 Å². The van der Waals surface area contributed by atoms with Gasteiger partial charge >= 0.3 is 0 Å². The first-order valence-electron chi connectivity index (χ1n) is 7.16. The van der Waals surface area contributed by atoms with Gasteiger partial charge < -0.3 is 0 Å². The molecule has 102 valence electrons. The molecule has 0 aliphatic rings. The molecule has 2 aromatic carbocycles. The van der Waals surface area contributed by atoms with Gasteiger partial charge in [-0.3, -0.25) is 0 Å². The lowest BCUT2D eigenvalue weighted by atomic mass is 10.1. The van der Waals surface area contributed by atoms with Crippen LogP contribution in [0.3, 0.4) is 0 Å². The molecule has 0 radical (unpaired) electrons. The highest BCUT2D eigenvalue weighted by molar-refractivity contribution is 7.64. The quantitative estimate of drug-likeness (QED) is 0.666. The molecule has 1 heteroatoms. The smallest absolute Gasteiger partial charge is 0.0243 e. The Hall–Kier alpha value is -1.13. The summed E-state index contributed by atoms with van der Waals surface area (Å²) in [4.78, 5) is 0.